The number of hydrogen-bond donors (Lipinski definition) is 1. The van der Waals surface area contributed by atoms with E-state index in [1.807, 2.05) is 18.4 Å². The quantitative estimate of drug-likeness (QED) is 0.501. The topological polar surface area (TPSA) is 20.2 Å². The van der Waals surface area contributed by atoms with Crippen LogP contribution in [0.4, 0.5) is 0 Å². The summed E-state index contributed by atoms with van der Waals surface area (Å²) in [6.07, 6.45) is 2.01. The van der Waals surface area contributed by atoms with E-state index in [1.165, 1.54) is 4.90 Å². The Balaban J connectivity index is 0.000000810. The van der Waals surface area contributed by atoms with Crippen LogP contribution in [0, 0.1) is 0 Å². The third-order valence-electron chi connectivity index (χ3n) is 1.07. The summed E-state index contributed by atoms with van der Waals surface area (Å²) in [5, 5.41) is 8.84. The zero-order valence-corrected chi connectivity index (χ0v) is 5.98. The maximum atomic E-state index is 8.84. The van der Waals surface area contributed by atoms with E-state index in [0.717, 1.165) is 0 Å². The number of phenols is 1. The fourth-order valence-corrected chi connectivity index (χ4v) is 0.990. The predicted octanol–water partition coefficient (Wildman–Crippen LogP) is 1.47. The average Bonchev–Trinajstić information content (AvgIpc) is 1.90. The molecule has 0 spiro atoms. The van der Waals surface area contributed by atoms with Crippen LogP contribution in [0.1, 0.15) is 0 Å². The summed E-state index contributed by atoms with van der Waals surface area (Å²) >= 11 is 1.67. The number of phenolic OH excluding ortho intramolecular Hbond substituents is 1. The van der Waals surface area contributed by atoms with Gasteiger partial charge in [0.05, 0.1) is 0 Å². The Morgan fingerprint density at radius 1 is 1.20 bits per heavy atom. The van der Waals surface area contributed by atoms with Crippen LogP contribution >= 0.6 is 11.8 Å². The standard InChI is InChI=1S/C7H8OS.Na.H/c1-9-7-4-2-6(8)3-5-7;;/h2-5,8H,1H3;;. The summed E-state index contributed by atoms with van der Waals surface area (Å²) in [5.41, 5.74) is 0. The monoisotopic (exact) mass is 164 g/mol. The molecule has 1 aromatic rings. The molecule has 1 aromatic carbocycles. The predicted molar refractivity (Wildman–Crippen MR) is 47.0 cm³/mol. The summed E-state index contributed by atoms with van der Waals surface area (Å²) in [4.78, 5) is 1.17. The molecule has 0 aliphatic heterocycles. The first-order chi connectivity index (χ1) is 4.33. The van der Waals surface area contributed by atoms with Gasteiger partial charge in [0, 0.05) is 4.90 Å². The molecule has 1 rings (SSSR count). The van der Waals surface area contributed by atoms with Crippen LogP contribution in [0.5, 0.6) is 5.75 Å². The van der Waals surface area contributed by atoms with Gasteiger partial charge in [-0.1, -0.05) is 0 Å². The molecule has 0 bridgehead atoms. The molecule has 0 saturated carbocycles. The molecule has 0 fully saturated rings. The molecular formula is C7H9NaOS. The van der Waals surface area contributed by atoms with Crippen molar-refractivity contribution in [2.45, 2.75) is 4.90 Å². The Labute approximate surface area is 87.1 Å². The van der Waals surface area contributed by atoms with E-state index >= 15 is 0 Å². The summed E-state index contributed by atoms with van der Waals surface area (Å²) in [6.45, 7) is 0. The van der Waals surface area contributed by atoms with Gasteiger partial charge in [0.2, 0.25) is 0 Å². The van der Waals surface area contributed by atoms with Gasteiger partial charge >= 0.3 is 29.6 Å². The molecule has 0 radical (unpaired) electrons. The Kier molecular flexibility index (Phi) is 5.27. The van der Waals surface area contributed by atoms with E-state index in [2.05, 4.69) is 0 Å². The van der Waals surface area contributed by atoms with Crippen LogP contribution in [-0.2, 0) is 0 Å². The minimum atomic E-state index is 0. The average molecular weight is 164 g/mol. The molecule has 0 aliphatic rings. The van der Waals surface area contributed by atoms with Crippen molar-refractivity contribution in [3.8, 4) is 5.75 Å². The van der Waals surface area contributed by atoms with Crippen molar-refractivity contribution >= 4 is 41.3 Å². The van der Waals surface area contributed by atoms with Gasteiger partial charge in [0.25, 0.3) is 0 Å². The minimum absolute atomic E-state index is 0. The van der Waals surface area contributed by atoms with Crippen LogP contribution in [-0.4, -0.2) is 40.9 Å². The molecule has 0 heterocycles. The number of rotatable bonds is 1. The van der Waals surface area contributed by atoms with Gasteiger partial charge < -0.3 is 5.11 Å². The maximum absolute atomic E-state index is 8.84. The summed E-state index contributed by atoms with van der Waals surface area (Å²) in [5.74, 6) is 0.327. The zero-order chi connectivity index (χ0) is 6.69. The summed E-state index contributed by atoms with van der Waals surface area (Å²) < 4.78 is 0. The Morgan fingerprint density at radius 2 is 1.70 bits per heavy atom. The number of thioether (sulfide) groups is 1. The van der Waals surface area contributed by atoms with Crippen LogP contribution in [0.15, 0.2) is 29.2 Å². The molecule has 1 nitrogen and oxygen atoms in total. The second-order valence-corrected chi connectivity index (χ2v) is 2.58. The number of benzene rings is 1. The fraction of sp³-hybridized carbons (Fsp3) is 0.143. The third kappa shape index (κ3) is 2.97. The molecule has 0 unspecified atom stereocenters. The van der Waals surface area contributed by atoms with Gasteiger partial charge in [-0.2, -0.15) is 0 Å². The second-order valence-electron chi connectivity index (χ2n) is 1.70. The first-order valence-corrected chi connectivity index (χ1v) is 3.88. The van der Waals surface area contributed by atoms with Crippen LogP contribution in [0.3, 0.4) is 0 Å². The molecule has 0 atom stereocenters. The molecular weight excluding hydrogens is 155 g/mol. The van der Waals surface area contributed by atoms with E-state index in [0.29, 0.717) is 5.75 Å². The molecule has 0 amide bonds. The third-order valence-corrected chi connectivity index (χ3v) is 1.82. The van der Waals surface area contributed by atoms with Crippen LogP contribution in [0.25, 0.3) is 0 Å². The van der Waals surface area contributed by atoms with Gasteiger partial charge in [-0.3, -0.25) is 0 Å². The number of hydrogen-bond acceptors (Lipinski definition) is 2. The SMILES string of the molecule is CSc1ccc(O)cc1.[NaH]. The normalized spacial score (nSPS) is 8.50. The first kappa shape index (κ1) is 10.4. The summed E-state index contributed by atoms with van der Waals surface area (Å²) in [7, 11) is 0. The van der Waals surface area contributed by atoms with Crippen molar-refractivity contribution in [2.75, 3.05) is 6.26 Å². The van der Waals surface area contributed by atoms with E-state index in [-0.39, 0.29) is 29.6 Å². The zero-order valence-electron chi connectivity index (χ0n) is 5.16. The van der Waals surface area contributed by atoms with Crippen molar-refractivity contribution in [3.63, 3.8) is 0 Å². The molecule has 10 heavy (non-hydrogen) atoms. The van der Waals surface area contributed by atoms with E-state index in [4.69, 9.17) is 5.11 Å². The van der Waals surface area contributed by atoms with Crippen molar-refractivity contribution in [1.29, 1.82) is 0 Å². The molecule has 1 N–H and O–H groups in total. The van der Waals surface area contributed by atoms with Gasteiger partial charge in [0.15, 0.2) is 0 Å². The fourth-order valence-electron chi connectivity index (χ4n) is 0.582. The van der Waals surface area contributed by atoms with E-state index in [9.17, 15) is 0 Å². The van der Waals surface area contributed by atoms with E-state index in [1.54, 1.807) is 23.9 Å². The number of aromatic hydroxyl groups is 1. The van der Waals surface area contributed by atoms with Gasteiger partial charge in [-0.05, 0) is 30.5 Å². The van der Waals surface area contributed by atoms with Crippen molar-refractivity contribution in [2.24, 2.45) is 0 Å². The molecule has 0 saturated heterocycles. The van der Waals surface area contributed by atoms with Crippen molar-refractivity contribution in [3.05, 3.63) is 24.3 Å². The Bertz CT molecular complexity index is 185. The van der Waals surface area contributed by atoms with Crippen molar-refractivity contribution < 1.29 is 5.11 Å². The van der Waals surface area contributed by atoms with Gasteiger partial charge in [-0.15, -0.1) is 11.8 Å². The molecule has 0 aromatic heterocycles. The van der Waals surface area contributed by atoms with Crippen LogP contribution < -0.4 is 0 Å². The molecule has 3 heteroatoms. The Hall–Kier alpha value is 0.370. The second kappa shape index (κ2) is 5.08. The van der Waals surface area contributed by atoms with Gasteiger partial charge in [-0.25, -0.2) is 0 Å². The van der Waals surface area contributed by atoms with Gasteiger partial charge in [0.1, 0.15) is 5.75 Å². The summed E-state index contributed by atoms with van der Waals surface area (Å²) in [6, 6.07) is 7.15. The molecule has 50 valence electrons. The van der Waals surface area contributed by atoms with Crippen molar-refractivity contribution in [1.82, 2.24) is 0 Å². The first-order valence-electron chi connectivity index (χ1n) is 2.66. The van der Waals surface area contributed by atoms with E-state index < -0.39 is 0 Å². The molecule has 0 aliphatic carbocycles. The van der Waals surface area contributed by atoms with Crippen LogP contribution in [0.2, 0.25) is 0 Å². The Morgan fingerprint density at radius 3 is 2.10 bits per heavy atom.